The Kier molecular flexibility index (Phi) is 7.15. The van der Waals surface area contributed by atoms with Crippen LogP contribution >= 0.6 is 0 Å². The third-order valence-electron chi connectivity index (χ3n) is 7.82. The SMILES string of the molecule is CCn1cnc2nc(N(C)Cc3ccc(C(C)C)cc3)nc(N3CCOCC4(CCS(=O)(=O)CC4)C3)c21. The maximum Gasteiger partial charge on any atom is 0.229 e. The van der Waals surface area contributed by atoms with Gasteiger partial charge in [-0.15, -0.1) is 0 Å². The predicted octanol–water partition coefficient (Wildman–Crippen LogP) is 3.64. The van der Waals surface area contributed by atoms with Crippen molar-refractivity contribution < 1.29 is 13.2 Å². The monoisotopic (exact) mass is 526 g/mol. The molecular weight excluding hydrogens is 488 g/mol. The molecular formula is C27H38N6O3S. The molecule has 5 rings (SSSR count). The van der Waals surface area contributed by atoms with Gasteiger partial charge in [0.1, 0.15) is 15.4 Å². The van der Waals surface area contributed by atoms with Crippen molar-refractivity contribution in [2.24, 2.45) is 5.41 Å². The fourth-order valence-electron chi connectivity index (χ4n) is 5.38. The van der Waals surface area contributed by atoms with Crippen LogP contribution in [-0.2, 0) is 27.7 Å². The first-order valence-corrected chi connectivity index (χ1v) is 15.1. The van der Waals surface area contributed by atoms with Gasteiger partial charge >= 0.3 is 0 Å². The number of fused-ring (bicyclic) bond motifs is 1. The second-order valence-electron chi connectivity index (χ2n) is 10.9. The fraction of sp³-hybridized carbons (Fsp3) is 0.593. The molecule has 2 aliphatic heterocycles. The molecule has 0 unspecified atom stereocenters. The van der Waals surface area contributed by atoms with E-state index in [9.17, 15) is 8.42 Å². The molecule has 1 spiro atoms. The predicted molar refractivity (Wildman–Crippen MR) is 147 cm³/mol. The quantitative estimate of drug-likeness (QED) is 0.481. The summed E-state index contributed by atoms with van der Waals surface area (Å²) in [4.78, 5) is 18.9. The number of sulfone groups is 1. The van der Waals surface area contributed by atoms with Gasteiger partial charge in [0.2, 0.25) is 5.95 Å². The molecule has 0 radical (unpaired) electrons. The minimum absolute atomic E-state index is 0.194. The zero-order chi connectivity index (χ0) is 26.2. The Morgan fingerprint density at radius 3 is 2.54 bits per heavy atom. The van der Waals surface area contributed by atoms with Crippen molar-refractivity contribution in [1.29, 1.82) is 0 Å². The van der Waals surface area contributed by atoms with Gasteiger partial charge < -0.3 is 19.1 Å². The molecule has 4 heterocycles. The maximum atomic E-state index is 12.2. The van der Waals surface area contributed by atoms with E-state index in [0.29, 0.717) is 63.2 Å². The van der Waals surface area contributed by atoms with E-state index in [4.69, 9.17) is 14.7 Å². The van der Waals surface area contributed by atoms with Crippen LogP contribution < -0.4 is 9.80 Å². The molecule has 0 atom stereocenters. The summed E-state index contributed by atoms with van der Waals surface area (Å²) in [7, 11) is -0.953. The molecule has 3 aromatic rings. The summed E-state index contributed by atoms with van der Waals surface area (Å²) in [6, 6.07) is 8.72. The van der Waals surface area contributed by atoms with Gasteiger partial charge in [0.25, 0.3) is 0 Å². The largest absolute Gasteiger partial charge is 0.379 e. The molecule has 0 N–H and O–H groups in total. The minimum atomic E-state index is -2.96. The molecule has 2 saturated heterocycles. The number of ether oxygens (including phenoxy) is 1. The first-order chi connectivity index (χ1) is 17.7. The van der Waals surface area contributed by atoms with Gasteiger partial charge in [-0.05, 0) is 36.8 Å². The Morgan fingerprint density at radius 1 is 1.14 bits per heavy atom. The van der Waals surface area contributed by atoms with E-state index >= 15 is 0 Å². The van der Waals surface area contributed by atoms with Crippen LogP contribution in [0.3, 0.4) is 0 Å². The smallest absolute Gasteiger partial charge is 0.229 e. The van der Waals surface area contributed by atoms with Gasteiger partial charge in [-0.2, -0.15) is 9.97 Å². The average molecular weight is 527 g/mol. The molecule has 1 aromatic carbocycles. The molecule has 0 aliphatic carbocycles. The third kappa shape index (κ3) is 5.45. The molecule has 9 nitrogen and oxygen atoms in total. The van der Waals surface area contributed by atoms with Crippen LogP contribution in [0.5, 0.6) is 0 Å². The van der Waals surface area contributed by atoms with Gasteiger partial charge in [-0.3, -0.25) is 0 Å². The van der Waals surface area contributed by atoms with Crippen LogP contribution in [0.4, 0.5) is 11.8 Å². The molecule has 0 bridgehead atoms. The standard InChI is InChI=1S/C27H38N6O3S/c1-5-32-19-28-24-23(32)25(33-12-13-36-18-27(17-33)10-14-37(34,35)15-11-27)30-26(29-24)31(4)16-21-6-8-22(9-7-21)20(2)3/h6-9,19-20H,5,10-18H2,1-4H3. The highest BCUT2D eigenvalue weighted by atomic mass is 32.2. The van der Waals surface area contributed by atoms with Gasteiger partial charge in [0.05, 0.1) is 31.0 Å². The lowest BCUT2D eigenvalue weighted by molar-refractivity contribution is 0.0632. The molecule has 2 aliphatic rings. The minimum Gasteiger partial charge on any atom is -0.379 e. The Labute approximate surface area is 219 Å². The number of aryl methyl sites for hydroxylation is 1. The average Bonchev–Trinajstić information content (AvgIpc) is 3.19. The Balaban J connectivity index is 1.48. The molecule has 200 valence electrons. The van der Waals surface area contributed by atoms with E-state index in [1.807, 2.05) is 13.4 Å². The van der Waals surface area contributed by atoms with E-state index in [1.54, 1.807) is 0 Å². The number of anilines is 2. The van der Waals surface area contributed by atoms with Crippen LogP contribution in [0.25, 0.3) is 11.2 Å². The van der Waals surface area contributed by atoms with Crippen molar-refractivity contribution in [1.82, 2.24) is 19.5 Å². The number of imidazole rings is 1. The molecule has 0 amide bonds. The first kappa shape index (κ1) is 25.9. The summed E-state index contributed by atoms with van der Waals surface area (Å²) in [6.45, 7) is 10.5. The lowest BCUT2D eigenvalue weighted by Crippen LogP contribution is -2.44. The highest BCUT2D eigenvalue weighted by Gasteiger charge is 2.41. The normalized spacial score (nSPS) is 19.4. The summed E-state index contributed by atoms with van der Waals surface area (Å²) in [5, 5.41) is 0. The van der Waals surface area contributed by atoms with Gasteiger partial charge in [0.15, 0.2) is 11.5 Å². The number of hydrogen-bond donors (Lipinski definition) is 0. The van der Waals surface area contributed by atoms with Gasteiger partial charge in [0, 0.05) is 38.6 Å². The molecule has 10 heteroatoms. The summed E-state index contributed by atoms with van der Waals surface area (Å²) in [5.41, 5.74) is 3.92. The second-order valence-corrected chi connectivity index (χ2v) is 13.2. The molecule has 0 saturated carbocycles. The van der Waals surface area contributed by atoms with E-state index in [2.05, 4.69) is 64.4 Å². The van der Waals surface area contributed by atoms with Crippen molar-refractivity contribution >= 4 is 32.8 Å². The van der Waals surface area contributed by atoms with E-state index in [0.717, 1.165) is 17.9 Å². The first-order valence-electron chi connectivity index (χ1n) is 13.2. The van der Waals surface area contributed by atoms with E-state index in [1.165, 1.54) is 11.1 Å². The lowest BCUT2D eigenvalue weighted by atomic mass is 9.82. The van der Waals surface area contributed by atoms with E-state index in [-0.39, 0.29) is 16.9 Å². The van der Waals surface area contributed by atoms with Crippen molar-refractivity contribution in [2.75, 3.05) is 54.7 Å². The zero-order valence-electron chi connectivity index (χ0n) is 22.4. The number of aromatic nitrogens is 4. The van der Waals surface area contributed by atoms with Crippen LogP contribution in [0.15, 0.2) is 30.6 Å². The Morgan fingerprint density at radius 2 is 1.86 bits per heavy atom. The topological polar surface area (TPSA) is 93.4 Å². The summed E-state index contributed by atoms with van der Waals surface area (Å²) in [5.74, 6) is 2.42. The highest BCUT2D eigenvalue weighted by Crippen LogP contribution is 2.38. The fourth-order valence-corrected chi connectivity index (χ4v) is 7.07. The Bertz CT molecular complexity index is 1340. The molecule has 2 fully saturated rings. The number of rotatable bonds is 6. The van der Waals surface area contributed by atoms with Crippen LogP contribution in [0.2, 0.25) is 0 Å². The van der Waals surface area contributed by atoms with Crippen molar-refractivity contribution in [3.05, 3.63) is 41.7 Å². The summed E-state index contributed by atoms with van der Waals surface area (Å²) >= 11 is 0. The maximum absolute atomic E-state index is 12.2. The zero-order valence-corrected chi connectivity index (χ0v) is 23.2. The number of hydrogen-bond acceptors (Lipinski definition) is 8. The number of benzene rings is 1. The van der Waals surface area contributed by atoms with Crippen molar-refractivity contribution in [2.45, 2.75) is 52.6 Å². The van der Waals surface area contributed by atoms with Crippen molar-refractivity contribution in [3.63, 3.8) is 0 Å². The third-order valence-corrected chi connectivity index (χ3v) is 9.47. The van der Waals surface area contributed by atoms with Crippen molar-refractivity contribution in [3.8, 4) is 0 Å². The highest BCUT2D eigenvalue weighted by molar-refractivity contribution is 7.91. The summed E-state index contributed by atoms with van der Waals surface area (Å²) in [6.07, 6.45) is 3.06. The van der Waals surface area contributed by atoms with Gasteiger partial charge in [-0.25, -0.2) is 13.4 Å². The Hall–Kier alpha value is -2.72. The van der Waals surface area contributed by atoms with E-state index < -0.39 is 9.84 Å². The van der Waals surface area contributed by atoms with Crippen LogP contribution in [0, 0.1) is 5.41 Å². The van der Waals surface area contributed by atoms with Gasteiger partial charge in [-0.1, -0.05) is 38.1 Å². The summed E-state index contributed by atoms with van der Waals surface area (Å²) < 4.78 is 32.4. The molecule has 37 heavy (non-hydrogen) atoms. The number of nitrogens with zero attached hydrogens (tertiary/aromatic N) is 6. The molecule has 2 aromatic heterocycles. The van der Waals surface area contributed by atoms with Crippen LogP contribution in [0.1, 0.15) is 50.7 Å². The lowest BCUT2D eigenvalue weighted by Gasteiger charge is -2.38. The van der Waals surface area contributed by atoms with Crippen LogP contribution in [-0.4, -0.2) is 72.8 Å². The second kappa shape index (κ2) is 10.2.